The van der Waals surface area contributed by atoms with Crippen molar-refractivity contribution in [1.29, 1.82) is 0 Å². The van der Waals surface area contributed by atoms with Crippen LogP contribution >= 0.6 is 12.2 Å². The molecule has 0 bridgehead atoms. The Balaban J connectivity index is 2.13. The van der Waals surface area contributed by atoms with Crippen molar-refractivity contribution in [1.82, 2.24) is 19.3 Å². The molecule has 0 amide bonds. The van der Waals surface area contributed by atoms with E-state index >= 15 is 0 Å². The summed E-state index contributed by atoms with van der Waals surface area (Å²) in [4.78, 5) is 3.22. The Hall–Kier alpha value is -2.08. The van der Waals surface area contributed by atoms with Crippen LogP contribution in [0.3, 0.4) is 0 Å². The number of nitrogens with one attached hydrogen (secondary N) is 1. The van der Waals surface area contributed by atoms with Crippen LogP contribution in [0, 0.1) is 11.7 Å². The Morgan fingerprint density at radius 2 is 2.20 bits per heavy atom. The van der Waals surface area contributed by atoms with Crippen LogP contribution in [0.5, 0.6) is 5.75 Å². The van der Waals surface area contributed by atoms with E-state index in [9.17, 15) is 0 Å². The molecule has 2 heterocycles. The summed E-state index contributed by atoms with van der Waals surface area (Å²) in [6.45, 7) is 2.76. The number of hydrogen-bond donors (Lipinski definition) is 1. The van der Waals surface area contributed by atoms with Crippen molar-refractivity contribution >= 4 is 23.3 Å². The zero-order valence-corrected chi connectivity index (χ0v) is 12.5. The van der Waals surface area contributed by atoms with Gasteiger partial charge < -0.3 is 14.3 Å². The monoisotopic (exact) mass is 288 g/mol. The Labute approximate surface area is 121 Å². The number of methoxy groups -OCH3 is 1. The highest BCUT2D eigenvalue weighted by Crippen LogP contribution is 2.22. The molecular weight excluding hydrogens is 272 g/mol. The smallest absolute Gasteiger partial charge is 0.178 e. The summed E-state index contributed by atoms with van der Waals surface area (Å²) in [6.07, 6.45) is 1.89. The Morgan fingerprint density at radius 1 is 1.40 bits per heavy atom. The number of aryl methyl sites for hydroxylation is 1. The van der Waals surface area contributed by atoms with Crippen LogP contribution in [0.25, 0.3) is 11.0 Å². The quantitative estimate of drug-likeness (QED) is 0.754. The second kappa shape index (κ2) is 4.79. The average molecular weight is 288 g/mol. The minimum atomic E-state index is 0.700. The number of fused-ring (bicyclic) bond motifs is 1. The van der Waals surface area contributed by atoms with Gasteiger partial charge >= 0.3 is 0 Å². The fourth-order valence-corrected chi connectivity index (χ4v) is 2.56. The number of aromatic amines is 1. The van der Waals surface area contributed by atoms with Crippen molar-refractivity contribution in [3.05, 3.63) is 40.4 Å². The first-order chi connectivity index (χ1) is 9.60. The number of H-pyrrole nitrogens is 1. The highest BCUT2D eigenvalue weighted by Gasteiger charge is 2.09. The van der Waals surface area contributed by atoms with Gasteiger partial charge in [0, 0.05) is 24.4 Å². The van der Waals surface area contributed by atoms with Gasteiger partial charge in [-0.05, 0) is 31.3 Å². The molecule has 0 atom stereocenters. The van der Waals surface area contributed by atoms with Gasteiger partial charge in [0.05, 0.1) is 30.9 Å². The van der Waals surface area contributed by atoms with Crippen molar-refractivity contribution in [3.8, 4) is 5.75 Å². The van der Waals surface area contributed by atoms with E-state index in [0.29, 0.717) is 11.3 Å². The van der Waals surface area contributed by atoms with E-state index in [1.807, 2.05) is 36.1 Å². The van der Waals surface area contributed by atoms with E-state index in [-0.39, 0.29) is 0 Å². The number of benzene rings is 1. The first-order valence-corrected chi connectivity index (χ1v) is 6.75. The standard InChI is InChI=1S/C14H16N4OS/c1-9-10(7-15-17(9)2)8-18-13-6-11(19-3)4-5-12(13)16-14(18)20/h4-7H,8H2,1-3H3,(H,16,20). The largest absolute Gasteiger partial charge is 0.497 e. The van der Waals surface area contributed by atoms with Crippen molar-refractivity contribution in [3.63, 3.8) is 0 Å². The zero-order valence-electron chi connectivity index (χ0n) is 11.7. The second-order valence-corrected chi connectivity index (χ2v) is 5.16. The predicted molar refractivity (Wildman–Crippen MR) is 80.7 cm³/mol. The zero-order chi connectivity index (χ0) is 14.3. The molecule has 104 valence electrons. The number of nitrogens with zero attached hydrogens (tertiary/aromatic N) is 3. The molecule has 5 nitrogen and oxygen atoms in total. The third kappa shape index (κ3) is 2.02. The minimum absolute atomic E-state index is 0.700. The molecule has 0 saturated carbocycles. The van der Waals surface area contributed by atoms with Gasteiger partial charge in [-0.2, -0.15) is 5.10 Å². The average Bonchev–Trinajstić information content (AvgIpc) is 2.93. The van der Waals surface area contributed by atoms with Crippen LogP contribution < -0.4 is 4.74 Å². The fourth-order valence-electron chi connectivity index (χ4n) is 2.29. The lowest BCUT2D eigenvalue weighted by Gasteiger charge is -2.05. The van der Waals surface area contributed by atoms with Crippen molar-refractivity contribution in [2.24, 2.45) is 7.05 Å². The third-order valence-corrected chi connectivity index (χ3v) is 3.97. The van der Waals surface area contributed by atoms with Gasteiger partial charge in [0.2, 0.25) is 0 Å². The van der Waals surface area contributed by atoms with Gasteiger partial charge in [0.15, 0.2) is 4.77 Å². The Morgan fingerprint density at radius 3 is 2.85 bits per heavy atom. The molecule has 0 saturated heterocycles. The molecule has 0 spiro atoms. The number of aromatic nitrogens is 4. The fraction of sp³-hybridized carbons (Fsp3) is 0.286. The third-order valence-electron chi connectivity index (χ3n) is 3.65. The van der Waals surface area contributed by atoms with Gasteiger partial charge in [-0.1, -0.05) is 0 Å². The summed E-state index contributed by atoms with van der Waals surface area (Å²) in [6, 6.07) is 5.90. The molecule has 0 unspecified atom stereocenters. The minimum Gasteiger partial charge on any atom is -0.497 e. The molecule has 6 heteroatoms. The van der Waals surface area contributed by atoms with Gasteiger partial charge in [-0.25, -0.2) is 0 Å². The number of hydrogen-bond acceptors (Lipinski definition) is 3. The van der Waals surface area contributed by atoms with E-state index < -0.39 is 0 Å². The summed E-state index contributed by atoms with van der Waals surface area (Å²) >= 11 is 5.42. The number of ether oxygens (including phenoxy) is 1. The van der Waals surface area contributed by atoms with E-state index in [4.69, 9.17) is 17.0 Å². The van der Waals surface area contributed by atoms with Gasteiger partial charge in [-0.3, -0.25) is 4.68 Å². The lowest BCUT2D eigenvalue weighted by atomic mass is 10.2. The van der Waals surface area contributed by atoms with Gasteiger partial charge in [0.1, 0.15) is 5.75 Å². The number of imidazole rings is 1. The van der Waals surface area contributed by atoms with Crippen molar-refractivity contribution in [2.45, 2.75) is 13.5 Å². The summed E-state index contributed by atoms with van der Waals surface area (Å²) in [5.74, 6) is 0.822. The first kappa shape index (κ1) is 12.9. The molecule has 1 aromatic carbocycles. The van der Waals surface area contributed by atoms with E-state index in [0.717, 1.165) is 28.0 Å². The van der Waals surface area contributed by atoms with Crippen LogP contribution in [-0.2, 0) is 13.6 Å². The molecule has 0 aliphatic carbocycles. The molecule has 1 N–H and O–H groups in total. The normalized spacial score (nSPS) is 11.2. The summed E-state index contributed by atoms with van der Waals surface area (Å²) in [5, 5.41) is 4.27. The van der Waals surface area contributed by atoms with Crippen LogP contribution in [0.15, 0.2) is 24.4 Å². The maximum Gasteiger partial charge on any atom is 0.178 e. The van der Waals surface area contributed by atoms with E-state index in [1.165, 1.54) is 0 Å². The van der Waals surface area contributed by atoms with Gasteiger partial charge in [-0.15, -0.1) is 0 Å². The van der Waals surface area contributed by atoms with Crippen LogP contribution in [-0.4, -0.2) is 26.4 Å². The maximum atomic E-state index is 5.42. The lowest BCUT2D eigenvalue weighted by molar-refractivity contribution is 0.415. The van der Waals surface area contributed by atoms with E-state index in [2.05, 4.69) is 21.6 Å². The lowest BCUT2D eigenvalue weighted by Crippen LogP contribution is -2.01. The van der Waals surface area contributed by atoms with E-state index in [1.54, 1.807) is 7.11 Å². The first-order valence-electron chi connectivity index (χ1n) is 6.34. The summed E-state index contributed by atoms with van der Waals surface area (Å²) in [5.41, 5.74) is 4.35. The van der Waals surface area contributed by atoms with Crippen molar-refractivity contribution < 1.29 is 4.74 Å². The molecule has 0 radical (unpaired) electrons. The molecule has 20 heavy (non-hydrogen) atoms. The summed E-state index contributed by atoms with van der Waals surface area (Å²) < 4.78 is 9.93. The topological polar surface area (TPSA) is 47.8 Å². The number of rotatable bonds is 3. The van der Waals surface area contributed by atoms with Crippen LogP contribution in [0.2, 0.25) is 0 Å². The summed E-state index contributed by atoms with van der Waals surface area (Å²) in [7, 11) is 3.61. The van der Waals surface area contributed by atoms with Gasteiger partial charge in [0.25, 0.3) is 0 Å². The highest BCUT2D eigenvalue weighted by molar-refractivity contribution is 7.71. The van der Waals surface area contributed by atoms with Crippen molar-refractivity contribution in [2.75, 3.05) is 7.11 Å². The molecule has 2 aromatic heterocycles. The molecule has 3 aromatic rings. The molecule has 0 aliphatic heterocycles. The highest BCUT2D eigenvalue weighted by atomic mass is 32.1. The molecule has 3 rings (SSSR count). The maximum absolute atomic E-state index is 5.42. The van der Waals surface area contributed by atoms with Crippen LogP contribution in [0.4, 0.5) is 0 Å². The Kier molecular flexibility index (Phi) is 3.10. The molecule has 0 aliphatic rings. The SMILES string of the molecule is COc1ccc2[nH]c(=S)n(Cc3cnn(C)c3C)c2c1. The molecule has 0 fully saturated rings. The molecular formula is C14H16N4OS. The van der Waals surface area contributed by atoms with Crippen LogP contribution in [0.1, 0.15) is 11.3 Å². The Bertz CT molecular complexity index is 827. The predicted octanol–water partition coefficient (Wildman–Crippen LogP) is 2.80. The second-order valence-electron chi connectivity index (χ2n) is 4.78.